The molecule has 0 spiro atoms. The number of anilines is 1. The van der Waals surface area contributed by atoms with Crippen molar-refractivity contribution >= 4 is 39.1 Å². The summed E-state index contributed by atoms with van der Waals surface area (Å²) in [7, 11) is -0.0410. The van der Waals surface area contributed by atoms with Crippen LogP contribution in [0.2, 0.25) is 5.02 Å². The van der Waals surface area contributed by atoms with Crippen LogP contribution >= 0.6 is 11.6 Å². The Morgan fingerprint density at radius 2 is 1.87 bits per heavy atom. The first-order valence-electron chi connectivity index (χ1n) is 12.7. The van der Waals surface area contributed by atoms with Gasteiger partial charge in [0.05, 0.1) is 22.4 Å². The lowest BCUT2D eigenvalue weighted by atomic mass is 9.87. The smallest absolute Gasteiger partial charge is 0.253 e. The van der Waals surface area contributed by atoms with Gasteiger partial charge in [-0.2, -0.15) is 5.10 Å². The van der Waals surface area contributed by atoms with E-state index < -0.39 is 15.8 Å². The number of rotatable bonds is 9. The van der Waals surface area contributed by atoms with Gasteiger partial charge in [0.15, 0.2) is 15.7 Å². The first-order chi connectivity index (χ1) is 18.0. The van der Waals surface area contributed by atoms with Crippen molar-refractivity contribution in [3.8, 4) is 0 Å². The van der Waals surface area contributed by atoms with Crippen molar-refractivity contribution in [2.75, 3.05) is 25.7 Å². The Kier molecular flexibility index (Phi) is 8.57. The van der Waals surface area contributed by atoms with Crippen molar-refractivity contribution in [3.05, 3.63) is 76.4 Å². The van der Waals surface area contributed by atoms with Gasteiger partial charge in [-0.05, 0) is 47.7 Å². The van der Waals surface area contributed by atoms with Gasteiger partial charge in [-0.3, -0.25) is 14.3 Å². The van der Waals surface area contributed by atoms with Crippen LogP contribution < -0.4 is 5.32 Å². The molecule has 1 fully saturated rings. The van der Waals surface area contributed by atoms with E-state index in [4.69, 9.17) is 11.6 Å². The number of sulfone groups is 1. The predicted molar refractivity (Wildman–Crippen MR) is 148 cm³/mol. The molecule has 1 saturated carbocycles. The molecule has 4 rings (SSSR count). The molecule has 1 N–H and O–H groups in total. The zero-order valence-electron chi connectivity index (χ0n) is 21.9. The average molecular weight is 557 g/mol. The predicted octanol–water partition coefficient (Wildman–Crippen LogP) is 4.99. The maximum atomic E-state index is 13.5. The van der Waals surface area contributed by atoms with E-state index in [1.54, 1.807) is 49.2 Å². The van der Waals surface area contributed by atoms with Gasteiger partial charge in [0.2, 0.25) is 5.91 Å². The van der Waals surface area contributed by atoms with E-state index in [-0.39, 0.29) is 21.7 Å². The van der Waals surface area contributed by atoms with Crippen molar-refractivity contribution in [1.29, 1.82) is 0 Å². The van der Waals surface area contributed by atoms with E-state index in [1.807, 2.05) is 18.2 Å². The fourth-order valence-electron chi connectivity index (χ4n) is 4.99. The van der Waals surface area contributed by atoms with E-state index in [1.165, 1.54) is 11.0 Å². The highest BCUT2D eigenvalue weighted by atomic mass is 35.5. The Morgan fingerprint density at radius 3 is 2.53 bits per heavy atom. The molecule has 1 heterocycles. The zero-order valence-corrected chi connectivity index (χ0v) is 23.4. The van der Waals surface area contributed by atoms with Gasteiger partial charge >= 0.3 is 0 Å². The lowest BCUT2D eigenvalue weighted by molar-refractivity contribution is -0.118. The Morgan fingerprint density at radius 1 is 1.13 bits per heavy atom. The molecule has 2 amide bonds. The van der Waals surface area contributed by atoms with E-state index >= 15 is 0 Å². The second-order valence-corrected chi connectivity index (χ2v) is 12.6. The number of aromatic nitrogens is 2. The summed E-state index contributed by atoms with van der Waals surface area (Å²) in [6, 6.07) is 13.9. The first-order valence-corrected chi connectivity index (χ1v) is 14.9. The van der Waals surface area contributed by atoms with Crippen LogP contribution in [0.4, 0.5) is 5.82 Å². The van der Waals surface area contributed by atoms with Gasteiger partial charge in [-0.15, -0.1) is 0 Å². The molecule has 1 aromatic heterocycles. The molecule has 0 aliphatic heterocycles. The lowest BCUT2D eigenvalue weighted by Gasteiger charge is -2.21. The Hall–Kier alpha value is -3.17. The number of halogens is 1. The molecule has 1 aliphatic carbocycles. The van der Waals surface area contributed by atoms with Gasteiger partial charge in [0.25, 0.3) is 5.91 Å². The molecule has 1 aliphatic rings. The fraction of sp³-hybridized carbons (Fsp3) is 0.393. The van der Waals surface area contributed by atoms with Crippen LogP contribution in [-0.2, 0) is 21.2 Å². The fourth-order valence-corrected chi connectivity index (χ4v) is 6.32. The third-order valence-electron chi connectivity index (χ3n) is 6.93. The van der Waals surface area contributed by atoms with E-state index in [9.17, 15) is 18.0 Å². The SMILES string of the molecule is CN(C)C(=O)c1cccc(Cn2ccc(NC(=O)C(CC3CCCC3)c3ccc(S(C)(=O)=O)c(Cl)c3)n2)c1. The Bertz CT molecular complexity index is 1430. The topological polar surface area (TPSA) is 101 Å². The number of nitrogens with zero attached hydrogens (tertiary/aromatic N) is 3. The van der Waals surface area contributed by atoms with E-state index in [0.717, 1.165) is 37.5 Å². The molecule has 38 heavy (non-hydrogen) atoms. The molecule has 2 aromatic carbocycles. The van der Waals surface area contributed by atoms with Gasteiger partial charge < -0.3 is 10.2 Å². The third kappa shape index (κ3) is 6.82. The van der Waals surface area contributed by atoms with Crippen molar-refractivity contribution in [2.24, 2.45) is 5.92 Å². The quantitative estimate of drug-likeness (QED) is 0.400. The summed E-state index contributed by atoms with van der Waals surface area (Å²) in [6.45, 7) is 0.443. The average Bonchev–Trinajstić information content (AvgIpc) is 3.53. The molecular weight excluding hydrogens is 524 g/mol. The number of hydrogen-bond acceptors (Lipinski definition) is 5. The number of carbonyl (C=O) groups is 2. The number of nitrogens with one attached hydrogen (secondary N) is 1. The zero-order chi connectivity index (χ0) is 27.4. The minimum atomic E-state index is -3.47. The first kappa shape index (κ1) is 27.9. The summed E-state index contributed by atoms with van der Waals surface area (Å²) in [5, 5.41) is 7.57. The normalized spacial score (nSPS) is 14.8. The van der Waals surface area contributed by atoms with Crippen LogP contribution in [0.1, 0.15) is 59.5 Å². The minimum Gasteiger partial charge on any atom is -0.345 e. The Balaban J connectivity index is 1.51. The standard InChI is InChI=1S/C28H33ClN4O4S/c1-32(2)28(35)22-10-6-9-20(15-22)18-33-14-13-26(31-33)30-27(34)23(16-19-7-4-5-8-19)21-11-12-25(24(29)17-21)38(3,36)37/h6,9-15,17,19,23H,4-5,7-8,16,18H2,1-3H3,(H,30,31,34). The summed E-state index contributed by atoms with van der Waals surface area (Å²) >= 11 is 6.32. The molecule has 8 nitrogen and oxygen atoms in total. The number of hydrogen-bond donors (Lipinski definition) is 1. The van der Waals surface area contributed by atoms with Crippen LogP contribution in [0, 0.1) is 5.92 Å². The monoisotopic (exact) mass is 556 g/mol. The molecule has 10 heteroatoms. The highest BCUT2D eigenvalue weighted by molar-refractivity contribution is 7.90. The third-order valence-corrected chi connectivity index (χ3v) is 8.51. The van der Waals surface area contributed by atoms with Crippen molar-refractivity contribution < 1.29 is 18.0 Å². The summed E-state index contributed by atoms with van der Waals surface area (Å²) in [5.41, 5.74) is 2.20. The van der Waals surface area contributed by atoms with Gasteiger partial charge in [-0.1, -0.05) is 55.5 Å². The lowest BCUT2D eigenvalue weighted by Crippen LogP contribution is -2.23. The highest BCUT2D eigenvalue weighted by Gasteiger charge is 2.28. The molecule has 0 radical (unpaired) electrons. The van der Waals surface area contributed by atoms with E-state index in [2.05, 4.69) is 10.4 Å². The number of carbonyl (C=O) groups excluding carboxylic acids is 2. The molecule has 202 valence electrons. The Labute approximate surface area is 228 Å². The van der Waals surface area contributed by atoms with Crippen LogP contribution in [-0.4, -0.2) is 55.3 Å². The van der Waals surface area contributed by atoms with Crippen LogP contribution in [0.5, 0.6) is 0 Å². The van der Waals surface area contributed by atoms with Gasteiger partial charge in [0, 0.05) is 38.2 Å². The summed E-state index contributed by atoms with van der Waals surface area (Å²) in [6.07, 6.45) is 8.00. The van der Waals surface area contributed by atoms with Crippen LogP contribution in [0.25, 0.3) is 0 Å². The van der Waals surface area contributed by atoms with Crippen LogP contribution in [0.15, 0.2) is 59.6 Å². The van der Waals surface area contributed by atoms with Crippen molar-refractivity contribution in [3.63, 3.8) is 0 Å². The highest BCUT2D eigenvalue weighted by Crippen LogP contribution is 2.36. The van der Waals surface area contributed by atoms with Gasteiger partial charge in [0.1, 0.15) is 0 Å². The molecule has 0 bridgehead atoms. The molecule has 1 atom stereocenters. The van der Waals surface area contributed by atoms with Gasteiger partial charge in [-0.25, -0.2) is 8.42 Å². The molecule has 1 unspecified atom stereocenters. The second-order valence-electron chi connectivity index (χ2n) is 10.2. The maximum absolute atomic E-state index is 13.5. The molecule has 3 aromatic rings. The summed E-state index contributed by atoms with van der Waals surface area (Å²) < 4.78 is 25.7. The number of amides is 2. The maximum Gasteiger partial charge on any atom is 0.253 e. The largest absolute Gasteiger partial charge is 0.345 e. The van der Waals surface area contributed by atoms with Crippen molar-refractivity contribution in [2.45, 2.75) is 49.5 Å². The minimum absolute atomic E-state index is 0.0537. The summed E-state index contributed by atoms with van der Waals surface area (Å²) in [5.74, 6) is 0.0878. The van der Waals surface area contributed by atoms with Crippen LogP contribution in [0.3, 0.4) is 0 Å². The molecule has 0 saturated heterocycles. The van der Waals surface area contributed by atoms with Crippen molar-refractivity contribution in [1.82, 2.24) is 14.7 Å². The molecular formula is C28H33ClN4O4S. The number of benzene rings is 2. The second kappa shape index (κ2) is 11.7. The van der Waals surface area contributed by atoms with E-state index in [0.29, 0.717) is 35.8 Å². The summed E-state index contributed by atoms with van der Waals surface area (Å²) in [4.78, 5) is 27.4.